The van der Waals surface area contributed by atoms with Crippen LogP contribution in [0, 0.1) is 0 Å². The molecule has 4 atom stereocenters. The van der Waals surface area contributed by atoms with Crippen molar-refractivity contribution in [3.05, 3.63) is 54.2 Å². The third-order valence-corrected chi connectivity index (χ3v) is 7.21. The van der Waals surface area contributed by atoms with Gasteiger partial charge in [0.15, 0.2) is 11.9 Å². The summed E-state index contributed by atoms with van der Waals surface area (Å²) >= 11 is 0. The molecule has 18 heteroatoms. The number of nitrogens with two attached hydrogens (primary N) is 5. The Kier molecular flexibility index (Phi) is 13.5. The van der Waals surface area contributed by atoms with Gasteiger partial charge in [0.2, 0.25) is 17.7 Å². The number of aromatic nitrogens is 3. The van der Waals surface area contributed by atoms with Gasteiger partial charge >= 0.3 is 5.97 Å². The van der Waals surface area contributed by atoms with Crippen LogP contribution in [0.3, 0.4) is 0 Å². The predicted molar refractivity (Wildman–Crippen MR) is 176 cm³/mol. The first kappa shape index (κ1) is 35.8. The number of hydrogen-bond donors (Lipinski definition) is 11. The van der Waals surface area contributed by atoms with E-state index < -0.39 is 47.9 Å². The Morgan fingerprint density at radius 3 is 2.02 bits per heavy atom. The van der Waals surface area contributed by atoms with Gasteiger partial charge in [-0.1, -0.05) is 18.2 Å². The van der Waals surface area contributed by atoms with E-state index in [0.717, 1.165) is 16.5 Å². The summed E-state index contributed by atoms with van der Waals surface area (Å²) in [7, 11) is 0. The maximum Gasteiger partial charge on any atom is 0.326 e. The number of carboxylic acid groups (broad SMARTS) is 1. The lowest BCUT2D eigenvalue weighted by molar-refractivity contribution is -0.142. The van der Waals surface area contributed by atoms with Crippen molar-refractivity contribution < 1.29 is 24.3 Å². The molecular formula is C29H43N13O5. The number of carbonyl (C=O) groups is 4. The number of para-hydroxylation sites is 1. The number of carboxylic acids is 1. The fourth-order valence-electron chi connectivity index (χ4n) is 4.79. The Bertz CT molecular complexity index is 1540. The topological polar surface area (TPSA) is 324 Å². The first-order valence-electron chi connectivity index (χ1n) is 15.0. The summed E-state index contributed by atoms with van der Waals surface area (Å²) in [6, 6.07) is 2.82. The van der Waals surface area contributed by atoms with E-state index in [0.29, 0.717) is 12.1 Å². The van der Waals surface area contributed by atoms with Crippen molar-refractivity contribution in [3.8, 4) is 0 Å². The number of rotatable bonds is 19. The number of nitrogens with zero attached hydrogens (tertiary/aromatic N) is 3. The summed E-state index contributed by atoms with van der Waals surface area (Å²) < 4.78 is 0. The van der Waals surface area contributed by atoms with Crippen LogP contribution in [0.2, 0.25) is 0 Å². The first-order valence-corrected chi connectivity index (χ1v) is 15.0. The van der Waals surface area contributed by atoms with Gasteiger partial charge in [0.05, 0.1) is 12.4 Å². The molecule has 0 unspecified atom stereocenters. The molecule has 0 spiro atoms. The van der Waals surface area contributed by atoms with Gasteiger partial charge < -0.3 is 59.7 Å². The second-order valence-electron chi connectivity index (χ2n) is 10.9. The highest BCUT2D eigenvalue weighted by Crippen LogP contribution is 2.19. The predicted octanol–water partition coefficient (Wildman–Crippen LogP) is -2.35. The highest BCUT2D eigenvalue weighted by atomic mass is 16.4. The second kappa shape index (κ2) is 17.7. The third-order valence-electron chi connectivity index (χ3n) is 7.21. The molecule has 0 aliphatic rings. The fraction of sp³-hybridized carbons (Fsp3) is 0.414. The number of fused-ring (bicyclic) bond motifs is 1. The molecule has 3 rings (SSSR count). The Balaban J connectivity index is 1.81. The van der Waals surface area contributed by atoms with Gasteiger partial charge in [-0.15, -0.1) is 0 Å². The van der Waals surface area contributed by atoms with Gasteiger partial charge in [-0.3, -0.25) is 24.4 Å². The van der Waals surface area contributed by atoms with Crippen LogP contribution in [0.4, 0.5) is 0 Å². The second-order valence-corrected chi connectivity index (χ2v) is 10.9. The first-order chi connectivity index (χ1) is 22.4. The summed E-state index contributed by atoms with van der Waals surface area (Å²) in [4.78, 5) is 70.1. The van der Waals surface area contributed by atoms with E-state index >= 15 is 0 Å². The summed E-state index contributed by atoms with van der Waals surface area (Å²) in [6.07, 6.45) is 5.61. The van der Waals surface area contributed by atoms with E-state index in [9.17, 15) is 24.3 Å². The monoisotopic (exact) mass is 653 g/mol. The minimum Gasteiger partial charge on any atom is -0.480 e. The Hall–Kier alpha value is -5.65. The van der Waals surface area contributed by atoms with Gasteiger partial charge in [-0.2, -0.15) is 0 Å². The highest BCUT2D eigenvalue weighted by Gasteiger charge is 2.31. The molecule has 0 fully saturated rings. The molecule has 47 heavy (non-hydrogen) atoms. The Labute approximate surface area is 270 Å². The molecule has 2 aromatic heterocycles. The van der Waals surface area contributed by atoms with E-state index in [-0.39, 0.29) is 57.1 Å². The number of aliphatic imine (C=N–C) groups is 2. The van der Waals surface area contributed by atoms with Crippen LogP contribution >= 0.6 is 0 Å². The molecule has 0 aliphatic carbocycles. The lowest BCUT2D eigenvalue weighted by Crippen LogP contribution is -2.58. The van der Waals surface area contributed by atoms with Crippen molar-refractivity contribution in [2.24, 2.45) is 38.7 Å². The van der Waals surface area contributed by atoms with E-state index in [4.69, 9.17) is 28.7 Å². The van der Waals surface area contributed by atoms with Gasteiger partial charge in [-0.05, 0) is 37.3 Å². The zero-order chi connectivity index (χ0) is 34.3. The summed E-state index contributed by atoms with van der Waals surface area (Å²) in [5.74, 6) is -3.51. The molecule has 0 saturated carbocycles. The van der Waals surface area contributed by atoms with Crippen molar-refractivity contribution in [2.75, 3.05) is 13.1 Å². The number of amides is 3. The molecule has 16 N–H and O–H groups in total. The van der Waals surface area contributed by atoms with Gasteiger partial charge in [0.1, 0.15) is 18.1 Å². The van der Waals surface area contributed by atoms with Crippen LogP contribution in [0.15, 0.2) is 53.0 Å². The molecule has 0 bridgehead atoms. The van der Waals surface area contributed by atoms with Crippen LogP contribution < -0.4 is 44.6 Å². The van der Waals surface area contributed by atoms with Crippen molar-refractivity contribution in [3.63, 3.8) is 0 Å². The zero-order valence-corrected chi connectivity index (χ0v) is 25.8. The minimum absolute atomic E-state index is 0.0307. The number of hydrogen-bond acceptors (Lipinski definition) is 8. The maximum atomic E-state index is 13.9. The molecular weight excluding hydrogens is 610 g/mol. The average molecular weight is 654 g/mol. The normalized spacial score (nSPS) is 13.5. The third kappa shape index (κ3) is 11.7. The Morgan fingerprint density at radius 1 is 0.809 bits per heavy atom. The average Bonchev–Trinajstić information content (AvgIpc) is 3.69. The number of H-pyrrole nitrogens is 2. The number of aliphatic carboxylic acids is 1. The van der Waals surface area contributed by atoms with Crippen molar-refractivity contribution in [2.45, 2.75) is 62.7 Å². The number of carbonyl (C=O) groups excluding carboxylic acids is 3. The smallest absolute Gasteiger partial charge is 0.326 e. The molecule has 3 amide bonds. The standard InChI is InChI=1S/C29H43N13O5/c30-19(6-3-9-36-28(31)32)24(43)41-22(11-16-13-38-20-7-2-1-5-18(16)20)25(44)42-23(12-17-14-35-15-39-17)26(45)40-21(27(46)47)8-4-10-37-29(33)34/h1-2,5,7,13-15,19,21-23,38H,3-4,6,8-12,30H2,(H,35,39)(H,40,45)(H,41,43)(H,42,44)(H,46,47)(H4,31,32,36)(H4,33,34,37)/t19-,21-,22-,23-/m0/s1. The number of aromatic amines is 2. The van der Waals surface area contributed by atoms with E-state index in [1.54, 1.807) is 6.20 Å². The van der Waals surface area contributed by atoms with Crippen LogP contribution in [0.5, 0.6) is 0 Å². The number of nitrogens with one attached hydrogen (secondary N) is 5. The van der Waals surface area contributed by atoms with Gasteiger partial charge in [0.25, 0.3) is 0 Å². The van der Waals surface area contributed by atoms with E-state index in [1.807, 2.05) is 24.3 Å². The number of guanidine groups is 2. The molecule has 3 aromatic rings. The van der Waals surface area contributed by atoms with Gasteiger partial charge in [-0.25, -0.2) is 9.78 Å². The molecule has 1 aromatic carbocycles. The van der Waals surface area contributed by atoms with Crippen molar-refractivity contribution in [1.29, 1.82) is 0 Å². The summed E-state index contributed by atoms with van der Waals surface area (Å²) in [5.41, 5.74) is 29.5. The molecule has 0 radical (unpaired) electrons. The lowest BCUT2D eigenvalue weighted by Gasteiger charge is -2.25. The molecule has 18 nitrogen and oxygen atoms in total. The maximum absolute atomic E-state index is 13.9. The van der Waals surface area contributed by atoms with E-state index in [2.05, 4.69) is 40.9 Å². The highest BCUT2D eigenvalue weighted by molar-refractivity contribution is 5.95. The van der Waals surface area contributed by atoms with Crippen LogP contribution in [0.1, 0.15) is 36.9 Å². The van der Waals surface area contributed by atoms with Gasteiger partial charge in [0, 0.05) is 54.9 Å². The van der Waals surface area contributed by atoms with Crippen molar-refractivity contribution >= 4 is 46.5 Å². The van der Waals surface area contributed by atoms with Crippen LogP contribution in [-0.4, -0.2) is 92.9 Å². The largest absolute Gasteiger partial charge is 0.480 e. The summed E-state index contributed by atoms with van der Waals surface area (Å²) in [5, 5.41) is 18.5. The fourth-order valence-corrected chi connectivity index (χ4v) is 4.79. The number of benzene rings is 1. The zero-order valence-electron chi connectivity index (χ0n) is 25.8. The number of imidazole rings is 1. The SMILES string of the molecule is NC(N)=NCCC[C@H](NC(=O)[C@H](Cc1cnc[nH]1)NC(=O)[C@H](Cc1c[nH]c2ccccc12)NC(=O)[C@@H](N)CCCN=C(N)N)C(=O)O. The van der Waals surface area contributed by atoms with Crippen LogP contribution in [-0.2, 0) is 32.0 Å². The lowest BCUT2D eigenvalue weighted by atomic mass is 10.0. The van der Waals surface area contributed by atoms with Crippen molar-refractivity contribution in [1.82, 2.24) is 30.9 Å². The quantitative estimate of drug-likeness (QED) is 0.0369. The molecule has 0 aliphatic heterocycles. The summed E-state index contributed by atoms with van der Waals surface area (Å²) in [6.45, 7) is 0.445. The minimum atomic E-state index is -1.28. The molecule has 0 saturated heterocycles. The molecule has 2 heterocycles. The van der Waals surface area contributed by atoms with E-state index in [1.165, 1.54) is 12.5 Å². The Morgan fingerprint density at radius 2 is 1.40 bits per heavy atom. The molecule has 254 valence electrons. The van der Waals surface area contributed by atoms with Crippen LogP contribution in [0.25, 0.3) is 10.9 Å².